The SMILES string of the molecule is CCC(=O)N1COc2c(cc(-c3ccc(OC)c(OC)c3)cc2C(N)=O)C1. The number of ether oxygens (including phenoxy) is 3. The molecule has 0 bridgehead atoms. The number of rotatable bonds is 5. The first-order valence-electron chi connectivity index (χ1n) is 8.58. The molecule has 0 saturated carbocycles. The fourth-order valence-corrected chi connectivity index (χ4v) is 3.12. The van der Waals surface area contributed by atoms with Crippen molar-refractivity contribution in [3.8, 4) is 28.4 Å². The summed E-state index contributed by atoms with van der Waals surface area (Å²) in [4.78, 5) is 25.6. The third-order valence-electron chi connectivity index (χ3n) is 4.53. The second-order valence-electron chi connectivity index (χ2n) is 6.16. The van der Waals surface area contributed by atoms with E-state index >= 15 is 0 Å². The smallest absolute Gasteiger partial charge is 0.252 e. The third kappa shape index (κ3) is 3.53. The fraction of sp³-hybridized carbons (Fsp3) is 0.300. The molecule has 2 aromatic rings. The van der Waals surface area contributed by atoms with Crippen LogP contribution in [0.1, 0.15) is 29.3 Å². The zero-order valence-corrected chi connectivity index (χ0v) is 15.6. The molecule has 0 saturated heterocycles. The van der Waals surface area contributed by atoms with E-state index < -0.39 is 5.91 Å². The van der Waals surface area contributed by atoms with E-state index in [9.17, 15) is 9.59 Å². The lowest BCUT2D eigenvalue weighted by molar-refractivity contribution is -0.135. The second kappa shape index (κ2) is 7.57. The van der Waals surface area contributed by atoms with E-state index in [0.29, 0.717) is 35.8 Å². The Morgan fingerprint density at radius 2 is 1.85 bits per heavy atom. The molecule has 0 aliphatic carbocycles. The van der Waals surface area contributed by atoms with Gasteiger partial charge in [0.05, 0.1) is 26.3 Å². The zero-order valence-electron chi connectivity index (χ0n) is 15.6. The summed E-state index contributed by atoms with van der Waals surface area (Å²) in [5.74, 6) is 1.03. The molecule has 142 valence electrons. The van der Waals surface area contributed by atoms with Gasteiger partial charge in [0.15, 0.2) is 18.2 Å². The average molecular weight is 370 g/mol. The molecule has 0 fully saturated rings. The predicted octanol–water partition coefficient (Wildman–Crippen LogP) is 2.56. The quantitative estimate of drug-likeness (QED) is 0.873. The molecule has 1 heterocycles. The number of benzene rings is 2. The van der Waals surface area contributed by atoms with Crippen LogP contribution in [0.15, 0.2) is 30.3 Å². The van der Waals surface area contributed by atoms with Crippen molar-refractivity contribution in [2.24, 2.45) is 5.73 Å². The lowest BCUT2D eigenvalue weighted by atomic mass is 9.97. The second-order valence-corrected chi connectivity index (χ2v) is 6.16. The Labute approximate surface area is 157 Å². The van der Waals surface area contributed by atoms with Crippen LogP contribution in [0, 0.1) is 0 Å². The van der Waals surface area contributed by atoms with Crippen LogP contribution in [0.3, 0.4) is 0 Å². The van der Waals surface area contributed by atoms with Crippen LogP contribution in [-0.2, 0) is 11.3 Å². The monoisotopic (exact) mass is 370 g/mol. The Hall–Kier alpha value is -3.22. The summed E-state index contributed by atoms with van der Waals surface area (Å²) in [5, 5.41) is 0. The molecule has 27 heavy (non-hydrogen) atoms. The minimum atomic E-state index is -0.580. The van der Waals surface area contributed by atoms with Gasteiger partial charge in [0.2, 0.25) is 5.91 Å². The molecule has 7 nitrogen and oxygen atoms in total. The molecule has 2 N–H and O–H groups in total. The van der Waals surface area contributed by atoms with Crippen molar-refractivity contribution >= 4 is 11.8 Å². The first-order chi connectivity index (χ1) is 13.0. The summed E-state index contributed by atoms with van der Waals surface area (Å²) >= 11 is 0. The lowest BCUT2D eigenvalue weighted by Gasteiger charge is -2.30. The maximum absolute atomic E-state index is 12.0. The van der Waals surface area contributed by atoms with E-state index in [4.69, 9.17) is 19.9 Å². The van der Waals surface area contributed by atoms with Crippen LogP contribution >= 0.6 is 0 Å². The number of carbonyl (C=O) groups excluding carboxylic acids is 2. The molecule has 0 unspecified atom stereocenters. The molecule has 1 aliphatic rings. The number of primary amides is 1. The van der Waals surface area contributed by atoms with Crippen LogP contribution in [-0.4, -0.2) is 37.7 Å². The van der Waals surface area contributed by atoms with Crippen molar-refractivity contribution in [2.75, 3.05) is 21.0 Å². The number of hydrogen-bond donors (Lipinski definition) is 1. The molecular weight excluding hydrogens is 348 g/mol. The Balaban J connectivity index is 2.09. The standard InChI is InChI=1S/C20H22N2O5/c1-4-18(23)22-10-14-7-13(8-15(20(21)24)19(14)27-11-22)12-5-6-16(25-2)17(9-12)26-3/h5-9H,4,10-11H2,1-3H3,(H2,21,24). The topological polar surface area (TPSA) is 91.1 Å². The predicted molar refractivity (Wildman–Crippen MR) is 99.8 cm³/mol. The highest BCUT2D eigenvalue weighted by atomic mass is 16.5. The van der Waals surface area contributed by atoms with Gasteiger partial charge in [0, 0.05) is 12.0 Å². The zero-order chi connectivity index (χ0) is 19.6. The van der Waals surface area contributed by atoms with E-state index in [1.54, 1.807) is 38.2 Å². The van der Waals surface area contributed by atoms with E-state index in [2.05, 4.69) is 0 Å². The van der Waals surface area contributed by atoms with Gasteiger partial charge in [-0.3, -0.25) is 9.59 Å². The van der Waals surface area contributed by atoms with Gasteiger partial charge in [-0.15, -0.1) is 0 Å². The van der Waals surface area contributed by atoms with E-state index in [-0.39, 0.29) is 12.6 Å². The fourth-order valence-electron chi connectivity index (χ4n) is 3.12. The first kappa shape index (κ1) is 18.6. The van der Waals surface area contributed by atoms with Gasteiger partial charge < -0.3 is 24.8 Å². The van der Waals surface area contributed by atoms with Gasteiger partial charge in [-0.1, -0.05) is 13.0 Å². The molecule has 2 aromatic carbocycles. The minimum Gasteiger partial charge on any atom is -0.493 e. The highest BCUT2D eigenvalue weighted by Crippen LogP contribution is 2.37. The normalized spacial score (nSPS) is 12.8. The van der Waals surface area contributed by atoms with Gasteiger partial charge in [-0.25, -0.2) is 0 Å². The van der Waals surface area contributed by atoms with Crippen molar-refractivity contribution in [2.45, 2.75) is 19.9 Å². The maximum Gasteiger partial charge on any atom is 0.252 e. The summed E-state index contributed by atoms with van der Waals surface area (Å²) in [6, 6.07) is 9.08. The minimum absolute atomic E-state index is 0.0159. The summed E-state index contributed by atoms with van der Waals surface area (Å²) in [7, 11) is 3.13. The van der Waals surface area contributed by atoms with Crippen LogP contribution in [0.2, 0.25) is 0 Å². The number of fused-ring (bicyclic) bond motifs is 1. The van der Waals surface area contributed by atoms with Crippen LogP contribution in [0.25, 0.3) is 11.1 Å². The molecule has 2 amide bonds. The van der Waals surface area contributed by atoms with Crippen molar-refractivity contribution in [3.05, 3.63) is 41.5 Å². The summed E-state index contributed by atoms with van der Waals surface area (Å²) in [6.07, 6.45) is 0.386. The van der Waals surface area contributed by atoms with Gasteiger partial charge in [-0.2, -0.15) is 0 Å². The van der Waals surface area contributed by atoms with E-state index in [1.165, 1.54) is 0 Å². The largest absolute Gasteiger partial charge is 0.493 e. The summed E-state index contributed by atoms with van der Waals surface area (Å²) in [5.41, 5.74) is 8.20. The highest BCUT2D eigenvalue weighted by molar-refractivity contribution is 5.98. The van der Waals surface area contributed by atoms with Gasteiger partial charge in [-0.05, 0) is 35.4 Å². The first-order valence-corrected chi connectivity index (χ1v) is 8.58. The Kier molecular flexibility index (Phi) is 5.21. The lowest BCUT2D eigenvalue weighted by Crippen LogP contribution is -2.37. The molecule has 0 atom stereocenters. The summed E-state index contributed by atoms with van der Waals surface area (Å²) < 4.78 is 16.3. The van der Waals surface area contributed by atoms with E-state index in [0.717, 1.165) is 16.7 Å². The maximum atomic E-state index is 12.0. The van der Waals surface area contributed by atoms with Gasteiger partial charge in [0.25, 0.3) is 5.91 Å². The molecule has 1 aliphatic heterocycles. The Morgan fingerprint density at radius 3 is 2.48 bits per heavy atom. The highest BCUT2D eigenvalue weighted by Gasteiger charge is 2.25. The number of carbonyl (C=O) groups is 2. The molecule has 3 rings (SSSR count). The molecular formula is C20H22N2O5. The number of amides is 2. The Bertz CT molecular complexity index is 894. The van der Waals surface area contributed by atoms with Crippen molar-refractivity contribution in [1.82, 2.24) is 4.90 Å². The Morgan fingerprint density at radius 1 is 1.11 bits per heavy atom. The molecule has 0 spiro atoms. The van der Waals surface area contributed by atoms with Crippen molar-refractivity contribution in [1.29, 1.82) is 0 Å². The number of hydrogen-bond acceptors (Lipinski definition) is 5. The number of nitrogens with zero attached hydrogens (tertiary/aromatic N) is 1. The van der Waals surface area contributed by atoms with E-state index in [1.807, 2.05) is 18.2 Å². The van der Waals surface area contributed by atoms with Crippen molar-refractivity contribution < 1.29 is 23.8 Å². The van der Waals surface area contributed by atoms with Crippen molar-refractivity contribution in [3.63, 3.8) is 0 Å². The van der Waals surface area contributed by atoms with Crippen LogP contribution in [0.5, 0.6) is 17.2 Å². The molecule has 0 aromatic heterocycles. The number of nitrogens with two attached hydrogens (primary N) is 1. The average Bonchev–Trinajstić information content (AvgIpc) is 2.71. The number of methoxy groups -OCH3 is 2. The summed E-state index contributed by atoms with van der Waals surface area (Å²) in [6.45, 7) is 2.27. The van der Waals surface area contributed by atoms with Gasteiger partial charge >= 0.3 is 0 Å². The third-order valence-corrected chi connectivity index (χ3v) is 4.53. The van der Waals surface area contributed by atoms with Gasteiger partial charge in [0.1, 0.15) is 5.75 Å². The molecule has 0 radical (unpaired) electrons. The van der Waals surface area contributed by atoms with Crippen LogP contribution in [0.4, 0.5) is 0 Å². The van der Waals surface area contributed by atoms with Crippen LogP contribution < -0.4 is 19.9 Å². The molecule has 7 heteroatoms.